The number of para-hydroxylation sites is 1. The molecule has 0 fully saturated rings. The van der Waals surface area contributed by atoms with Crippen molar-refractivity contribution < 1.29 is 14.5 Å². The Labute approximate surface area is 132 Å². The van der Waals surface area contributed by atoms with E-state index in [1.54, 1.807) is 0 Å². The number of nitrogens with zero attached hydrogens (tertiary/aromatic N) is 1. The fourth-order valence-electron chi connectivity index (χ4n) is 2.90. The number of hydrogen-bond donors (Lipinski definition) is 2. The van der Waals surface area contributed by atoms with Crippen LogP contribution in [-0.4, -0.2) is 44.5 Å². The molecule has 1 aliphatic heterocycles. The second-order valence-corrected chi connectivity index (χ2v) is 5.69. The first-order valence-electron chi connectivity index (χ1n) is 8.14. The number of rotatable bonds is 6. The minimum Gasteiger partial charge on any atom is -0.351 e. The smallest absolute Gasteiger partial charge is 0.282 e. The molecule has 1 unspecified atom stereocenters. The number of amides is 2. The van der Waals surface area contributed by atoms with Crippen molar-refractivity contribution in [1.29, 1.82) is 0 Å². The number of quaternary nitrogens is 1. The summed E-state index contributed by atoms with van der Waals surface area (Å²) in [6.45, 7) is 6.79. The van der Waals surface area contributed by atoms with Crippen LogP contribution in [0.25, 0.3) is 0 Å². The number of nitrogens with one attached hydrogen (secondary N) is 2. The van der Waals surface area contributed by atoms with Gasteiger partial charge in [0.2, 0.25) is 0 Å². The standard InChI is InChI=1S/C17H25N3O2/c1-3-18-16(21)12-19(4-2)13-17(22)20-11-7-9-14-8-5-6-10-15(14)20/h5-6,8,10H,3-4,7,9,11-13H2,1-2H3,(H,18,21)/p+1. The van der Waals surface area contributed by atoms with Crippen LogP contribution in [0.1, 0.15) is 25.8 Å². The van der Waals surface area contributed by atoms with Gasteiger partial charge in [-0.25, -0.2) is 0 Å². The molecule has 1 aliphatic rings. The van der Waals surface area contributed by atoms with Crippen LogP contribution in [0.3, 0.4) is 0 Å². The third-order valence-electron chi connectivity index (χ3n) is 4.10. The van der Waals surface area contributed by atoms with E-state index in [-0.39, 0.29) is 11.8 Å². The van der Waals surface area contributed by atoms with Crippen molar-refractivity contribution in [2.75, 3.05) is 37.6 Å². The lowest BCUT2D eigenvalue weighted by Gasteiger charge is -2.30. The largest absolute Gasteiger partial charge is 0.351 e. The van der Waals surface area contributed by atoms with Crippen LogP contribution in [0, 0.1) is 0 Å². The highest BCUT2D eigenvalue weighted by Gasteiger charge is 2.25. The van der Waals surface area contributed by atoms with E-state index in [0.717, 1.165) is 36.5 Å². The lowest BCUT2D eigenvalue weighted by Crippen LogP contribution is -3.14. The fraction of sp³-hybridized carbons (Fsp3) is 0.529. The molecule has 0 bridgehead atoms. The Morgan fingerprint density at radius 1 is 1.23 bits per heavy atom. The average molecular weight is 304 g/mol. The maximum absolute atomic E-state index is 12.6. The summed E-state index contributed by atoms with van der Waals surface area (Å²) in [4.78, 5) is 27.2. The Morgan fingerprint density at radius 3 is 2.73 bits per heavy atom. The first-order valence-corrected chi connectivity index (χ1v) is 8.14. The van der Waals surface area contributed by atoms with Crippen LogP contribution in [0.2, 0.25) is 0 Å². The first kappa shape index (κ1) is 16.5. The zero-order valence-electron chi connectivity index (χ0n) is 13.5. The zero-order valence-corrected chi connectivity index (χ0v) is 13.5. The molecule has 1 atom stereocenters. The normalized spacial score (nSPS) is 15.1. The van der Waals surface area contributed by atoms with Crippen LogP contribution in [0.5, 0.6) is 0 Å². The van der Waals surface area contributed by atoms with Gasteiger partial charge in [0.1, 0.15) is 0 Å². The first-order chi connectivity index (χ1) is 10.7. The second-order valence-electron chi connectivity index (χ2n) is 5.69. The summed E-state index contributed by atoms with van der Waals surface area (Å²) in [5.74, 6) is 0.111. The number of fused-ring (bicyclic) bond motifs is 1. The number of benzene rings is 1. The molecule has 2 rings (SSSR count). The monoisotopic (exact) mass is 304 g/mol. The Balaban J connectivity index is 2.01. The Kier molecular flexibility index (Phi) is 5.95. The Hall–Kier alpha value is -1.88. The number of hydrogen-bond acceptors (Lipinski definition) is 2. The molecule has 0 saturated carbocycles. The van der Waals surface area contributed by atoms with Crippen molar-refractivity contribution in [2.45, 2.75) is 26.7 Å². The van der Waals surface area contributed by atoms with Crippen molar-refractivity contribution in [3.63, 3.8) is 0 Å². The summed E-state index contributed by atoms with van der Waals surface area (Å²) in [7, 11) is 0. The minimum absolute atomic E-state index is 0.00574. The topological polar surface area (TPSA) is 53.9 Å². The third kappa shape index (κ3) is 4.07. The molecule has 2 N–H and O–H groups in total. The summed E-state index contributed by atoms with van der Waals surface area (Å²) in [6, 6.07) is 8.10. The van der Waals surface area contributed by atoms with Crippen LogP contribution in [-0.2, 0) is 16.0 Å². The summed E-state index contributed by atoms with van der Waals surface area (Å²) in [5.41, 5.74) is 2.27. The van der Waals surface area contributed by atoms with Crippen LogP contribution >= 0.6 is 0 Å². The van der Waals surface area contributed by atoms with Gasteiger partial charge in [-0.3, -0.25) is 9.59 Å². The summed E-state index contributed by atoms with van der Waals surface area (Å²) < 4.78 is 0. The molecule has 2 amide bonds. The van der Waals surface area contributed by atoms with Crippen molar-refractivity contribution in [2.24, 2.45) is 0 Å². The van der Waals surface area contributed by atoms with Gasteiger partial charge < -0.3 is 15.1 Å². The van der Waals surface area contributed by atoms with Gasteiger partial charge in [-0.15, -0.1) is 0 Å². The predicted octanol–water partition coefficient (Wildman–Crippen LogP) is 0.00670. The molecule has 0 saturated heterocycles. The fourth-order valence-corrected chi connectivity index (χ4v) is 2.90. The number of carbonyl (C=O) groups is 2. The predicted molar refractivity (Wildman–Crippen MR) is 87.0 cm³/mol. The van der Waals surface area contributed by atoms with E-state index in [9.17, 15) is 9.59 Å². The molecular formula is C17H26N3O2+. The average Bonchev–Trinajstić information content (AvgIpc) is 2.53. The number of aryl methyl sites for hydroxylation is 1. The zero-order chi connectivity index (χ0) is 15.9. The molecule has 0 aliphatic carbocycles. The van der Waals surface area contributed by atoms with Gasteiger partial charge in [0.25, 0.3) is 11.8 Å². The van der Waals surface area contributed by atoms with E-state index in [4.69, 9.17) is 0 Å². The Morgan fingerprint density at radius 2 is 2.00 bits per heavy atom. The van der Waals surface area contributed by atoms with Crippen molar-refractivity contribution in [1.82, 2.24) is 5.32 Å². The van der Waals surface area contributed by atoms with Crippen LogP contribution in [0.4, 0.5) is 5.69 Å². The highest BCUT2D eigenvalue weighted by atomic mass is 16.2. The molecule has 5 heteroatoms. The van der Waals surface area contributed by atoms with Crippen molar-refractivity contribution >= 4 is 17.5 Å². The molecule has 1 aromatic rings. The van der Waals surface area contributed by atoms with Crippen LogP contribution in [0.15, 0.2) is 24.3 Å². The van der Waals surface area contributed by atoms with E-state index >= 15 is 0 Å². The van der Waals surface area contributed by atoms with Crippen molar-refractivity contribution in [3.8, 4) is 0 Å². The second kappa shape index (κ2) is 7.94. The maximum Gasteiger partial charge on any atom is 0.282 e. The Bertz CT molecular complexity index is 530. The number of carbonyl (C=O) groups excluding carboxylic acids is 2. The van der Waals surface area contributed by atoms with E-state index in [1.807, 2.05) is 36.9 Å². The number of anilines is 1. The SMILES string of the molecule is CCNC(=O)C[NH+](CC)CC(=O)N1CCCc2ccccc21. The highest BCUT2D eigenvalue weighted by molar-refractivity contribution is 5.95. The van der Waals surface area contributed by atoms with Gasteiger partial charge in [0.15, 0.2) is 13.1 Å². The lowest BCUT2D eigenvalue weighted by molar-refractivity contribution is -0.881. The molecule has 1 aromatic carbocycles. The van der Waals surface area contributed by atoms with E-state index in [2.05, 4.69) is 11.4 Å². The molecule has 0 spiro atoms. The number of likely N-dealkylation sites (N-methyl/N-ethyl adjacent to an activating group) is 2. The third-order valence-corrected chi connectivity index (χ3v) is 4.10. The van der Waals surface area contributed by atoms with Gasteiger partial charge in [0, 0.05) is 18.8 Å². The molecule has 0 radical (unpaired) electrons. The lowest BCUT2D eigenvalue weighted by atomic mass is 10.0. The molecular weight excluding hydrogens is 278 g/mol. The molecule has 22 heavy (non-hydrogen) atoms. The van der Waals surface area contributed by atoms with Gasteiger partial charge in [0.05, 0.1) is 6.54 Å². The summed E-state index contributed by atoms with van der Waals surface area (Å²) in [6.07, 6.45) is 2.03. The van der Waals surface area contributed by atoms with Crippen LogP contribution < -0.4 is 15.1 Å². The van der Waals surface area contributed by atoms with E-state index < -0.39 is 0 Å². The maximum atomic E-state index is 12.6. The summed E-state index contributed by atoms with van der Waals surface area (Å²) in [5, 5.41) is 2.79. The minimum atomic E-state index is 0.00574. The molecule has 0 aromatic heterocycles. The van der Waals surface area contributed by atoms with Gasteiger partial charge in [-0.2, -0.15) is 0 Å². The molecule has 5 nitrogen and oxygen atoms in total. The van der Waals surface area contributed by atoms with E-state index in [0.29, 0.717) is 19.6 Å². The molecule has 120 valence electrons. The van der Waals surface area contributed by atoms with Gasteiger partial charge >= 0.3 is 0 Å². The van der Waals surface area contributed by atoms with Gasteiger partial charge in [-0.05, 0) is 38.3 Å². The quantitative estimate of drug-likeness (QED) is 0.778. The molecule has 1 heterocycles. The van der Waals surface area contributed by atoms with Gasteiger partial charge in [-0.1, -0.05) is 18.2 Å². The van der Waals surface area contributed by atoms with Crippen molar-refractivity contribution in [3.05, 3.63) is 29.8 Å². The highest BCUT2D eigenvalue weighted by Crippen LogP contribution is 2.26. The van der Waals surface area contributed by atoms with E-state index in [1.165, 1.54) is 5.56 Å². The summed E-state index contributed by atoms with van der Waals surface area (Å²) >= 11 is 0.